The van der Waals surface area contributed by atoms with Gasteiger partial charge in [0, 0.05) is 13.2 Å². The van der Waals surface area contributed by atoms with Crippen molar-refractivity contribution in [2.45, 2.75) is 44.9 Å². The summed E-state index contributed by atoms with van der Waals surface area (Å²) in [6.07, 6.45) is 8.55. The van der Waals surface area contributed by atoms with Gasteiger partial charge in [-0.05, 0) is 31.6 Å². The van der Waals surface area contributed by atoms with Crippen molar-refractivity contribution in [1.29, 1.82) is 0 Å². The van der Waals surface area contributed by atoms with Crippen LogP contribution in [0, 0.1) is 5.92 Å². The van der Waals surface area contributed by atoms with E-state index in [2.05, 4.69) is 0 Å². The van der Waals surface area contributed by atoms with E-state index in [-0.39, 0.29) is 0 Å². The van der Waals surface area contributed by atoms with Crippen molar-refractivity contribution in [2.24, 2.45) is 11.7 Å². The number of unbranched alkanes of at least 4 members (excludes halogenated alkanes) is 1. The quantitative estimate of drug-likeness (QED) is 0.499. The Morgan fingerprint density at radius 2 is 2.07 bits per heavy atom. The summed E-state index contributed by atoms with van der Waals surface area (Å²) < 4.78 is 5.54. The number of hydrogen-bond acceptors (Lipinski definition) is 2. The van der Waals surface area contributed by atoms with E-state index in [1.807, 2.05) is 0 Å². The van der Waals surface area contributed by atoms with Crippen LogP contribution in [0.15, 0.2) is 0 Å². The Kier molecular flexibility index (Phi) is 6.12. The van der Waals surface area contributed by atoms with Gasteiger partial charge in [-0.25, -0.2) is 0 Å². The molecule has 0 radical (unpaired) electrons. The second-order valence-corrected chi connectivity index (χ2v) is 4.65. The van der Waals surface area contributed by atoms with E-state index in [4.69, 9.17) is 22.7 Å². The van der Waals surface area contributed by atoms with Gasteiger partial charge in [0.05, 0.1) is 4.99 Å². The molecular formula is C11H21NOS. The zero-order valence-corrected chi connectivity index (χ0v) is 9.65. The van der Waals surface area contributed by atoms with Crippen LogP contribution < -0.4 is 5.73 Å². The normalized spacial score (nSPS) is 16.6. The van der Waals surface area contributed by atoms with Crippen LogP contribution in [0.25, 0.3) is 0 Å². The van der Waals surface area contributed by atoms with Crippen LogP contribution in [-0.4, -0.2) is 18.2 Å². The number of rotatable bonds is 8. The molecule has 0 saturated heterocycles. The van der Waals surface area contributed by atoms with Crippen LogP contribution >= 0.6 is 12.2 Å². The lowest BCUT2D eigenvalue weighted by molar-refractivity contribution is 0.104. The van der Waals surface area contributed by atoms with Crippen LogP contribution in [0.4, 0.5) is 0 Å². The van der Waals surface area contributed by atoms with E-state index in [1.165, 1.54) is 25.7 Å². The highest BCUT2D eigenvalue weighted by Gasteiger charge is 2.16. The lowest BCUT2D eigenvalue weighted by Crippen LogP contribution is -2.13. The van der Waals surface area contributed by atoms with E-state index in [0.29, 0.717) is 4.99 Å². The molecule has 0 unspecified atom stereocenters. The summed E-state index contributed by atoms with van der Waals surface area (Å²) in [6.45, 7) is 1.81. The Morgan fingerprint density at radius 1 is 1.29 bits per heavy atom. The molecule has 1 fully saturated rings. The molecule has 0 atom stereocenters. The molecule has 0 spiro atoms. The maximum absolute atomic E-state index is 5.54. The van der Waals surface area contributed by atoms with Crippen molar-refractivity contribution >= 4 is 17.2 Å². The molecule has 2 N–H and O–H groups in total. The molecule has 0 aromatic heterocycles. The molecule has 82 valence electrons. The van der Waals surface area contributed by atoms with E-state index in [0.717, 1.165) is 38.4 Å². The Bertz CT molecular complexity index is 169. The van der Waals surface area contributed by atoms with Crippen LogP contribution in [0.3, 0.4) is 0 Å². The maximum atomic E-state index is 5.54. The highest BCUT2D eigenvalue weighted by Crippen LogP contribution is 2.29. The van der Waals surface area contributed by atoms with Crippen LogP contribution in [0.2, 0.25) is 0 Å². The summed E-state index contributed by atoms with van der Waals surface area (Å²) in [4.78, 5) is 0.625. The molecule has 0 aromatic carbocycles. The van der Waals surface area contributed by atoms with Gasteiger partial charge >= 0.3 is 0 Å². The smallest absolute Gasteiger partial charge is 0.0727 e. The zero-order valence-electron chi connectivity index (χ0n) is 8.84. The second kappa shape index (κ2) is 7.18. The number of ether oxygens (including phenoxy) is 1. The minimum absolute atomic E-state index is 0.625. The summed E-state index contributed by atoms with van der Waals surface area (Å²) in [7, 11) is 0. The molecule has 0 aliphatic heterocycles. The number of thiocarbonyl (C=S) groups is 1. The first kappa shape index (κ1) is 11.9. The van der Waals surface area contributed by atoms with Crippen molar-refractivity contribution in [3.63, 3.8) is 0 Å². The van der Waals surface area contributed by atoms with Gasteiger partial charge in [-0.1, -0.05) is 31.5 Å². The lowest BCUT2D eigenvalue weighted by atomic mass is 9.83. The molecule has 1 rings (SSSR count). The number of nitrogens with two attached hydrogens (primary N) is 1. The highest BCUT2D eigenvalue weighted by molar-refractivity contribution is 7.80. The number of hydrogen-bond donors (Lipinski definition) is 1. The molecule has 0 aromatic rings. The van der Waals surface area contributed by atoms with Crippen molar-refractivity contribution in [3.05, 3.63) is 0 Å². The molecule has 2 nitrogen and oxygen atoms in total. The highest BCUT2D eigenvalue weighted by atomic mass is 32.1. The summed E-state index contributed by atoms with van der Waals surface area (Å²) in [6, 6.07) is 0. The second-order valence-electron chi connectivity index (χ2n) is 4.12. The van der Waals surface area contributed by atoms with E-state index in [9.17, 15) is 0 Å². The van der Waals surface area contributed by atoms with E-state index in [1.54, 1.807) is 0 Å². The maximum Gasteiger partial charge on any atom is 0.0727 e. The van der Waals surface area contributed by atoms with Gasteiger partial charge in [0.15, 0.2) is 0 Å². The van der Waals surface area contributed by atoms with Gasteiger partial charge < -0.3 is 10.5 Å². The predicted molar refractivity (Wildman–Crippen MR) is 63.4 cm³/mol. The van der Waals surface area contributed by atoms with Crippen molar-refractivity contribution in [3.8, 4) is 0 Å². The fourth-order valence-corrected chi connectivity index (χ4v) is 1.78. The first-order valence-electron chi connectivity index (χ1n) is 5.65. The van der Waals surface area contributed by atoms with E-state index < -0.39 is 0 Å². The lowest BCUT2D eigenvalue weighted by Gasteiger charge is -2.24. The summed E-state index contributed by atoms with van der Waals surface area (Å²) in [5, 5.41) is 0. The molecular weight excluding hydrogens is 194 g/mol. The summed E-state index contributed by atoms with van der Waals surface area (Å²) in [5.74, 6) is 0.964. The third-order valence-corrected chi connectivity index (χ3v) is 3.06. The Hall–Kier alpha value is -0.150. The topological polar surface area (TPSA) is 35.2 Å². The van der Waals surface area contributed by atoms with Gasteiger partial charge in [-0.15, -0.1) is 0 Å². The predicted octanol–water partition coefficient (Wildman–Crippen LogP) is 2.65. The Balaban J connectivity index is 1.73. The zero-order chi connectivity index (χ0) is 10.2. The standard InChI is InChI=1S/C11H21NOS/c12-11(14)6-1-2-8-13-9-7-10-4-3-5-10/h10H,1-9H2,(H2,12,14). The first-order valence-corrected chi connectivity index (χ1v) is 6.06. The fourth-order valence-electron chi connectivity index (χ4n) is 1.64. The van der Waals surface area contributed by atoms with Gasteiger partial charge in [0.1, 0.15) is 0 Å². The fraction of sp³-hybridized carbons (Fsp3) is 0.909. The molecule has 1 aliphatic carbocycles. The third kappa shape index (κ3) is 5.55. The van der Waals surface area contributed by atoms with Crippen molar-refractivity contribution < 1.29 is 4.74 Å². The summed E-state index contributed by atoms with van der Waals surface area (Å²) >= 11 is 4.79. The largest absolute Gasteiger partial charge is 0.393 e. The van der Waals surface area contributed by atoms with Crippen LogP contribution in [-0.2, 0) is 4.74 Å². The molecule has 0 amide bonds. The van der Waals surface area contributed by atoms with Gasteiger partial charge in [0.2, 0.25) is 0 Å². The van der Waals surface area contributed by atoms with E-state index >= 15 is 0 Å². The first-order chi connectivity index (χ1) is 6.79. The van der Waals surface area contributed by atoms with Crippen LogP contribution in [0.1, 0.15) is 44.9 Å². The molecule has 1 aliphatic rings. The van der Waals surface area contributed by atoms with Gasteiger partial charge in [-0.3, -0.25) is 0 Å². The molecule has 14 heavy (non-hydrogen) atoms. The Labute approximate surface area is 92.2 Å². The molecule has 3 heteroatoms. The third-order valence-electron chi connectivity index (χ3n) is 2.86. The average Bonchev–Trinajstić information content (AvgIpc) is 2.06. The van der Waals surface area contributed by atoms with Crippen molar-refractivity contribution in [2.75, 3.05) is 13.2 Å². The minimum Gasteiger partial charge on any atom is -0.393 e. The van der Waals surface area contributed by atoms with Gasteiger partial charge in [-0.2, -0.15) is 0 Å². The Morgan fingerprint density at radius 3 is 2.64 bits per heavy atom. The monoisotopic (exact) mass is 215 g/mol. The minimum atomic E-state index is 0.625. The summed E-state index contributed by atoms with van der Waals surface area (Å²) in [5.41, 5.74) is 5.39. The molecule has 0 heterocycles. The van der Waals surface area contributed by atoms with Gasteiger partial charge in [0.25, 0.3) is 0 Å². The SMILES string of the molecule is NC(=S)CCCCOCCC1CCC1. The van der Waals surface area contributed by atoms with Crippen molar-refractivity contribution in [1.82, 2.24) is 0 Å². The molecule has 1 saturated carbocycles. The average molecular weight is 215 g/mol. The molecule has 0 bridgehead atoms. The van der Waals surface area contributed by atoms with Crippen LogP contribution in [0.5, 0.6) is 0 Å².